The molecular weight excluding hydrogens is 1520 g/mol. The van der Waals surface area contributed by atoms with E-state index in [1.807, 2.05) is 27.7 Å². The van der Waals surface area contributed by atoms with Crippen molar-refractivity contribution in [2.24, 2.45) is 58.1 Å². The van der Waals surface area contributed by atoms with Crippen LogP contribution in [0.4, 0.5) is 0 Å². The summed E-state index contributed by atoms with van der Waals surface area (Å²) in [7, 11) is 0. The van der Waals surface area contributed by atoms with Crippen LogP contribution in [-0.2, 0) is 70.4 Å². The first-order valence-corrected chi connectivity index (χ1v) is 36.5. The summed E-state index contributed by atoms with van der Waals surface area (Å²) < 4.78 is 0. The number of hydrogen-bond donors (Lipinski definition) is 16. The van der Waals surface area contributed by atoms with E-state index >= 15 is 28.8 Å². The molecule has 0 aromatic heterocycles. The van der Waals surface area contributed by atoms with E-state index in [0.29, 0.717) is 62.7 Å². The van der Waals surface area contributed by atoms with Gasteiger partial charge in [-0.25, -0.2) is 0 Å². The number of nitrogens with two attached hydrogens (primary N) is 6. The number of unbranched alkanes of at least 4 members (excludes halogenated alkanes) is 2. The lowest BCUT2D eigenvalue weighted by Crippen LogP contribution is -2.62. The molecule has 2 aromatic carbocycles. The van der Waals surface area contributed by atoms with E-state index in [4.69, 9.17) is 34.4 Å². The second-order valence-corrected chi connectivity index (χ2v) is 29.0. The molecule has 3 heterocycles. The molecule has 36 heteroatoms. The van der Waals surface area contributed by atoms with Gasteiger partial charge in [0.15, 0.2) is 0 Å². The maximum Gasteiger partial charge on any atom is 0.246 e. The van der Waals surface area contributed by atoms with Crippen LogP contribution in [0.5, 0.6) is 0 Å². The van der Waals surface area contributed by atoms with Gasteiger partial charge in [0.2, 0.25) is 70.9 Å². The first-order chi connectivity index (χ1) is 48.5. The first kappa shape index (κ1) is 104. The van der Waals surface area contributed by atoms with Crippen LogP contribution in [-0.4, -0.2) is 205 Å². The van der Waals surface area contributed by atoms with E-state index in [0.717, 1.165) is 0 Å². The zero-order valence-corrected chi connectivity index (χ0v) is 68.3. The normalized spacial score (nSPS) is 24.2. The molecule has 0 bridgehead atoms. The molecule has 14 atom stereocenters. The summed E-state index contributed by atoms with van der Waals surface area (Å²) in [4.78, 5) is 181. The minimum atomic E-state index is -1.43. The van der Waals surface area contributed by atoms with Crippen LogP contribution in [0.15, 0.2) is 60.7 Å². The van der Waals surface area contributed by atoms with Gasteiger partial charge in [0.05, 0.1) is 12.1 Å². The molecule has 5 rings (SSSR count). The van der Waals surface area contributed by atoms with Crippen molar-refractivity contribution in [1.82, 2.24) is 63.0 Å². The largest absolute Gasteiger partial charge is 0.350 e. The van der Waals surface area contributed by atoms with Crippen molar-refractivity contribution in [3.63, 3.8) is 0 Å². The van der Waals surface area contributed by atoms with Crippen molar-refractivity contribution in [3.8, 4) is 0 Å². The standard InChI is InChI=1S/C72H118N18O12.6ClH/c1-41(2)33-53-65(95)85-55(35-45-21-11-9-12-22-45)71(101)89-39-47(79-61(91)49(77)25-15-17-29-73)37-57(89)67(97)88-60(44(7)8)70(100)82-52(28-20-32-76)64(94)84-54(34-42(3)4)66(96)86-56(36-46-23-13-10-14-24-46)72(102)90-40-48(80-62(92)50(78)26-16-18-30-74)38-58(90)68(98)87-59(43(5)6)69(99)81-51(27-19-31-75)63(93)83-53;;;;;;/h9-14,21-24,41-44,47-60H,15-20,25-40,73-78H2,1-8H3,(H,79,91)(H,80,92)(H,81,99)(H,82,100)(H,83,93)(H,84,94)(H,85,95)(H,86,96)(H,87,98)(H,88,97);6*1H/t47-,48-,49-,50-,51-,52-,53-,54-,55+,56+,57-,58-,59-,60-;;;;;;/m0....../s1. The molecule has 0 unspecified atom stereocenters. The van der Waals surface area contributed by atoms with Gasteiger partial charge < -0.3 is 97.4 Å². The molecule has 22 N–H and O–H groups in total. The molecule has 0 saturated carbocycles. The average molecular weight is 1650 g/mol. The summed E-state index contributed by atoms with van der Waals surface area (Å²) in [6, 6.07) is 0.0558. The van der Waals surface area contributed by atoms with Gasteiger partial charge in [-0.2, -0.15) is 0 Å². The number of rotatable bonds is 28. The fourth-order valence-corrected chi connectivity index (χ4v) is 13.0. The van der Waals surface area contributed by atoms with Crippen LogP contribution in [0.1, 0.15) is 156 Å². The van der Waals surface area contributed by atoms with Gasteiger partial charge in [-0.3, -0.25) is 57.5 Å². The van der Waals surface area contributed by atoms with E-state index in [2.05, 4.69) is 53.2 Å². The number of nitrogens with one attached hydrogen (secondary N) is 10. The predicted molar refractivity (Wildman–Crippen MR) is 430 cm³/mol. The molecule has 0 radical (unpaired) electrons. The lowest BCUT2D eigenvalue weighted by atomic mass is 9.98. The van der Waals surface area contributed by atoms with Gasteiger partial charge in [-0.15, -0.1) is 74.4 Å². The number of halogens is 6. The summed E-state index contributed by atoms with van der Waals surface area (Å²) >= 11 is 0. The maximum absolute atomic E-state index is 15.6. The highest BCUT2D eigenvalue weighted by atomic mass is 35.5. The third kappa shape index (κ3) is 32.9. The van der Waals surface area contributed by atoms with E-state index < -0.39 is 167 Å². The smallest absolute Gasteiger partial charge is 0.246 e. The number of amides is 12. The number of carbonyl (C=O) groups is 12. The summed E-state index contributed by atoms with van der Waals surface area (Å²) in [6.07, 6.45) is 2.80. The van der Waals surface area contributed by atoms with Gasteiger partial charge in [-0.05, 0) is 138 Å². The van der Waals surface area contributed by atoms with Crippen LogP contribution in [0.2, 0.25) is 0 Å². The Labute approximate surface area is 673 Å². The Morgan fingerprint density at radius 1 is 0.398 bits per heavy atom. The van der Waals surface area contributed by atoms with E-state index in [1.54, 1.807) is 88.4 Å². The Bertz CT molecular complexity index is 2920. The van der Waals surface area contributed by atoms with Crippen molar-refractivity contribution in [2.45, 2.75) is 243 Å². The zero-order chi connectivity index (χ0) is 75.3. The summed E-state index contributed by atoms with van der Waals surface area (Å²) in [5.41, 5.74) is 37.4. The SMILES string of the molecule is CC(C)C[C@@H]1NC(=O)[C@H](CCCN)NC(=O)[C@H](C(C)C)NC(=O)[C@@H]2C[C@H](NC(=O)[C@@H](N)CCCCN)CN2C(=O)[C@@H](Cc2ccccc2)NC(=O)[C@H](CC(C)C)NC(=O)[C@H](CCCN)NC(=O)[C@H](C(C)C)NC(=O)[C@@H]2C[C@H](NC(=O)[C@@H](N)CCCCN)CN2C(=O)[C@@H](Cc2ccccc2)NC1=O.Cl.Cl.Cl.Cl.Cl.Cl. The Balaban J connectivity index is 0. The lowest BCUT2D eigenvalue weighted by molar-refractivity contribution is -0.143. The third-order valence-corrected chi connectivity index (χ3v) is 18.7. The molecular formula is C72H124Cl6N18O12. The number of hydrogen-bond acceptors (Lipinski definition) is 18. The quantitative estimate of drug-likeness (QED) is 0.0525. The Morgan fingerprint density at radius 3 is 0.991 bits per heavy atom. The molecule has 30 nitrogen and oxygen atoms in total. The van der Waals surface area contributed by atoms with Gasteiger partial charge in [0, 0.05) is 38.0 Å². The van der Waals surface area contributed by atoms with E-state index in [-0.39, 0.29) is 177 Å². The van der Waals surface area contributed by atoms with Crippen molar-refractivity contribution in [1.29, 1.82) is 0 Å². The van der Waals surface area contributed by atoms with Gasteiger partial charge in [-0.1, -0.05) is 129 Å². The van der Waals surface area contributed by atoms with E-state index in [9.17, 15) is 28.8 Å². The molecule has 108 heavy (non-hydrogen) atoms. The predicted octanol–water partition coefficient (Wildman–Crippen LogP) is 0.861. The minimum Gasteiger partial charge on any atom is -0.350 e. The second-order valence-electron chi connectivity index (χ2n) is 29.0. The molecule has 3 aliphatic rings. The number of carbonyl (C=O) groups excluding carboxylic acids is 12. The number of nitrogens with zero attached hydrogens (tertiary/aromatic N) is 2. The van der Waals surface area contributed by atoms with Crippen molar-refractivity contribution in [3.05, 3.63) is 71.8 Å². The van der Waals surface area contributed by atoms with Crippen LogP contribution >= 0.6 is 74.4 Å². The average Bonchev–Trinajstić information content (AvgIpc) is 1.59. The third-order valence-electron chi connectivity index (χ3n) is 18.7. The Morgan fingerprint density at radius 2 is 0.694 bits per heavy atom. The van der Waals surface area contributed by atoms with Crippen LogP contribution in [0.3, 0.4) is 0 Å². The van der Waals surface area contributed by atoms with Crippen LogP contribution in [0.25, 0.3) is 0 Å². The lowest BCUT2D eigenvalue weighted by Gasteiger charge is -2.33. The topological polar surface area (TPSA) is 488 Å². The maximum atomic E-state index is 15.6. The molecule has 3 fully saturated rings. The van der Waals surface area contributed by atoms with E-state index in [1.165, 1.54) is 9.80 Å². The summed E-state index contributed by atoms with van der Waals surface area (Å²) in [6.45, 7) is 14.4. The van der Waals surface area contributed by atoms with Crippen molar-refractivity contribution in [2.75, 3.05) is 39.3 Å². The Kier molecular flexibility index (Phi) is 50.6. The number of benzene rings is 2. The molecule has 12 amide bonds. The Hall–Kier alpha value is -6.42. The fraction of sp³-hybridized carbons (Fsp3) is 0.667. The molecule has 616 valence electrons. The fourth-order valence-electron chi connectivity index (χ4n) is 13.0. The minimum absolute atomic E-state index is 0. The van der Waals surface area contributed by atoms with Gasteiger partial charge >= 0.3 is 0 Å². The zero-order valence-electron chi connectivity index (χ0n) is 63.4. The molecule has 2 aromatic rings. The van der Waals surface area contributed by atoms with Gasteiger partial charge in [0.25, 0.3) is 0 Å². The molecule has 3 aliphatic heterocycles. The van der Waals surface area contributed by atoms with Crippen molar-refractivity contribution >= 4 is 145 Å². The van der Waals surface area contributed by atoms with Gasteiger partial charge in [0.1, 0.15) is 60.4 Å². The van der Waals surface area contributed by atoms with Crippen molar-refractivity contribution < 1.29 is 57.5 Å². The van der Waals surface area contributed by atoms with Crippen LogP contribution < -0.4 is 87.6 Å². The highest BCUT2D eigenvalue weighted by Crippen LogP contribution is 2.25. The highest BCUT2D eigenvalue weighted by Gasteiger charge is 2.47. The highest BCUT2D eigenvalue weighted by molar-refractivity contribution is 6.00. The molecule has 3 saturated heterocycles. The van der Waals surface area contributed by atoms with Crippen LogP contribution in [0, 0.1) is 23.7 Å². The monoisotopic (exact) mass is 1640 g/mol. The number of fused-ring (bicyclic) bond motifs is 2. The summed E-state index contributed by atoms with van der Waals surface area (Å²) in [5.74, 6) is -10.8. The molecule has 0 spiro atoms. The second kappa shape index (κ2) is 52.7. The molecule has 0 aliphatic carbocycles. The first-order valence-electron chi connectivity index (χ1n) is 36.5. The summed E-state index contributed by atoms with van der Waals surface area (Å²) in [5, 5.41) is 28.5.